The second-order valence-electron chi connectivity index (χ2n) is 5.60. The van der Waals surface area contributed by atoms with E-state index in [1.54, 1.807) is 0 Å². The van der Waals surface area contributed by atoms with Crippen LogP contribution in [-0.4, -0.2) is 72.6 Å². The molecule has 0 aliphatic carbocycles. The number of hydrogen-bond acceptors (Lipinski definition) is 5. The van der Waals surface area contributed by atoms with Gasteiger partial charge in [-0.25, -0.2) is 0 Å². The highest BCUT2D eigenvalue weighted by atomic mass is 16.5. The second-order valence-corrected chi connectivity index (χ2v) is 5.60. The van der Waals surface area contributed by atoms with Gasteiger partial charge in [-0.15, -0.1) is 0 Å². The average molecular weight is 294 g/mol. The van der Waals surface area contributed by atoms with Crippen molar-refractivity contribution in [1.82, 2.24) is 9.80 Å². The van der Waals surface area contributed by atoms with Crippen molar-refractivity contribution in [2.75, 3.05) is 46.5 Å². The third-order valence-corrected chi connectivity index (χ3v) is 4.01. The summed E-state index contributed by atoms with van der Waals surface area (Å²) in [6.45, 7) is 4.65. The van der Waals surface area contributed by atoms with E-state index in [9.17, 15) is 0 Å². The van der Waals surface area contributed by atoms with Crippen LogP contribution in [0, 0.1) is 0 Å². The predicted octanol–water partition coefficient (Wildman–Crippen LogP) is 0.556. The van der Waals surface area contributed by atoms with Crippen LogP contribution < -0.4 is 4.74 Å². The fraction of sp³-hybridized carbons (Fsp3) is 0.625. The van der Waals surface area contributed by atoms with Crippen LogP contribution in [0.2, 0.25) is 0 Å². The minimum Gasteiger partial charge on any atom is -0.491 e. The first-order chi connectivity index (χ1) is 10.2. The lowest BCUT2D eigenvalue weighted by Crippen LogP contribution is -2.51. The van der Waals surface area contributed by atoms with Crippen molar-refractivity contribution < 1.29 is 14.9 Å². The molecule has 1 unspecified atom stereocenters. The molecule has 0 aromatic heterocycles. The van der Waals surface area contributed by atoms with Gasteiger partial charge in [-0.3, -0.25) is 4.90 Å². The molecule has 0 bridgehead atoms. The molecule has 0 spiro atoms. The number of ether oxygens (including phenoxy) is 1. The van der Waals surface area contributed by atoms with Crippen molar-refractivity contribution >= 4 is 0 Å². The van der Waals surface area contributed by atoms with Gasteiger partial charge in [0.1, 0.15) is 12.4 Å². The highest BCUT2D eigenvalue weighted by Crippen LogP contribution is 2.16. The van der Waals surface area contributed by atoms with Crippen LogP contribution in [0.3, 0.4) is 0 Å². The third-order valence-electron chi connectivity index (χ3n) is 4.01. The van der Waals surface area contributed by atoms with Gasteiger partial charge in [0.05, 0.1) is 6.61 Å². The Kier molecular flexibility index (Phi) is 6.45. The summed E-state index contributed by atoms with van der Waals surface area (Å²) < 4.78 is 5.37. The predicted molar refractivity (Wildman–Crippen MR) is 82.4 cm³/mol. The van der Waals surface area contributed by atoms with E-state index in [1.165, 1.54) is 5.56 Å². The number of rotatable bonds is 7. The van der Waals surface area contributed by atoms with Crippen molar-refractivity contribution in [3.8, 4) is 5.75 Å². The normalized spacial score (nSPS) is 20.6. The van der Waals surface area contributed by atoms with E-state index in [4.69, 9.17) is 14.9 Å². The molecule has 0 amide bonds. The molecule has 118 valence electrons. The van der Waals surface area contributed by atoms with Crippen molar-refractivity contribution in [3.63, 3.8) is 0 Å². The lowest BCUT2D eigenvalue weighted by atomic mass is 10.1. The highest BCUT2D eigenvalue weighted by molar-refractivity contribution is 5.27. The van der Waals surface area contributed by atoms with E-state index >= 15 is 0 Å². The molecule has 1 fully saturated rings. The van der Waals surface area contributed by atoms with E-state index in [-0.39, 0.29) is 13.2 Å². The quantitative estimate of drug-likeness (QED) is 0.769. The van der Waals surface area contributed by atoms with E-state index in [0.29, 0.717) is 12.6 Å². The lowest BCUT2D eigenvalue weighted by molar-refractivity contribution is 0.0743. The molecular formula is C16H26N2O3. The summed E-state index contributed by atoms with van der Waals surface area (Å²) in [6.07, 6.45) is 0.834. The number of hydrogen-bond donors (Lipinski definition) is 2. The average Bonchev–Trinajstić information content (AvgIpc) is 2.50. The summed E-state index contributed by atoms with van der Waals surface area (Å²) in [7, 11) is 2.13. The number of aliphatic hydroxyl groups excluding tert-OH is 2. The Bertz CT molecular complexity index is 410. The van der Waals surface area contributed by atoms with Gasteiger partial charge in [-0.2, -0.15) is 0 Å². The van der Waals surface area contributed by atoms with Crippen molar-refractivity contribution in [3.05, 3.63) is 29.8 Å². The zero-order valence-electron chi connectivity index (χ0n) is 12.7. The Balaban J connectivity index is 1.86. The maximum atomic E-state index is 9.14. The van der Waals surface area contributed by atoms with Crippen LogP contribution in [0.15, 0.2) is 24.3 Å². The Morgan fingerprint density at radius 1 is 1.14 bits per heavy atom. The smallest absolute Gasteiger partial charge is 0.119 e. The molecule has 5 nitrogen and oxygen atoms in total. The Morgan fingerprint density at radius 3 is 2.57 bits per heavy atom. The van der Waals surface area contributed by atoms with E-state index < -0.39 is 0 Å². The second kappa shape index (κ2) is 8.34. The first-order valence-electron chi connectivity index (χ1n) is 7.59. The fourth-order valence-electron chi connectivity index (χ4n) is 2.73. The minimum absolute atomic E-state index is 0.0370. The lowest BCUT2D eigenvalue weighted by Gasteiger charge is -2.39. The maximum Gasteiger partial charge on any atom is 0.119 e. The Labute approximate surface area is 126 Å². The standard InChI is InChI=1S/C16H26N2O3/c1-17-7-8-18(13-15(17)6-9-19)12-14-2-4-16(5-3-14)21-11-10-20/h2-5,15,19-20H,6-13H2,1H3. The molecule has 0 radical (unpaired) electrons. The third kappa shape index (κ3) is 4.97. The molecule has 5 heteroatoms. The maximum absolute atomic E-state index is 9.14. The van der Waals surface area contributed by atoms with Crippen molar-refractivity contribution in [1.29, 1.82) is 0 Å². The number of aliphatic hydroxyl groups is 2. The minimum atomic E-state index is 0.0370. The first kappa shape index (κ1) is 16.2. The van der Waals surface area contributed by atoms with Gasteiger partial charge in [-0.05, 0) is 31.2 Å². The van der Waals surface area contributed by atoms with E-state index in [0.717, 1.165) is 38.3 Å². The number of likely N-dealkylation sites (N-methyl/N-ethyl adjacent to an activating group) is 1. The van der Waals surface area contributed by atoms with Crippen molar-refractivity contribution in [2.24, 2.45) is 0 Å². The van der Waals surface area contributed by atoms with E-state index in [1.807, 2.05) is 12.1 Å². The molecule has 1 aromatic rings. The molecule has 1 aliphatic heterocycles. The van der Waals surface area contributed by atoms with Crippen LogP contribution in [0.5, 0.6) is 5.75 Å². The zero-order chi connectivity index (χ0) is 15.1. The summed E-state index contributed by atoms with van der Waals surface area (Å²) in [5.41, 5.74) is 1.26. The number of piperazine rings is 1. The molecular weight excluding hydrogens is 268 g/mol. The molecule has 1 atom stereocenters. The van der Waals surface area contributed by atoms with Gasteiger partial charge in [-0.1, -0.05) is 12.1 Å². The van der Waals surface area contributed by atoms with Gasteiger partial charge in [0.25, 0.3) is 0 Å². The Hall–Kier alpha value is -1.14. The topological polar surface area (TPSA) is 56.2 Å². The monoisotopic (exact) mass is 294 g/mol. The van der Waals surface area contributed by atoms with Crippen LogP contribution in [0.25, 0.3) is 0 Å². The van der Waals surface area contributed by atoms with Crippen LogP contribution in [0.1, 0.15) is 12.0 Å². The molecule has 1 heterocycles. The summed E-state index contributed by atoms with van der Waals surface area (Å²) in [6, 6.07) is 8.49. The van der Waals surface area contributed by atoms with E-state index in [2.05, 4.69) is 29.0 Å². The SMILES string of the molecule is CN1CCN(Cc2ccc(OCCO)cc2)CC1CCO. The van der Waals surface area contributed by atoms with Crippen LogP contribution >= 0.6 is 0 Å². The summed E-state index contributed by atoms with van der Waals surface area (Å²) >= 11 is 0. The van der Waals surface area contributed by atoms with Crippen LogP contribution in [-0.2, 0) is 6.54 Å². The Morgan fingerprint density at radius 2 is 1.90 bits per heavy atom. The van der Waals surface area contributed by atoms with Gasteiger partial charge in [0, 0.05) is 38.8 Å². The van der Waals surface area contributed by atoms with Crippen molar-refractivity contribution in [2.45, 2.75) is 19.0 Å². The van der Waals surface area contributed by atoms with Gasteiger partial charge < -0.3 is 19.8 Å². The molecule has 0 saturated carbocycles. The first-order valence-corrected chi connectivity index (χ1v) is 7.59. The largest absolute Gasteiger partial charge is 0.491 e. The molecule has 1 saturated heterocycles. The number of nitrogens with zero attached hydrogens (tertiary/aromatic N) is 2. The van der Waals surface area contributed by atoms with Gasteiger partial charge in [0.2, 0.25) is 0 Å². The summed E-state index contributed by atoms with van der Waals surface area (Å²) in [4.78, 5) is 4.77. The zero-order valence-corrected chi connectivity index (χ0v) is 12.7. The summed E-state index contributed by atoms with van der Waals surface area (Å²) in [5, 5.41) is 17.9. The molecule has 2 N–H and O–H groups in total. The molecule has 2 rings (SSSR count). The van der Waals surface area contributed by atoms with Crippen LogP contribution in [0.4, 0.5) is 0 Å². The number of benzene rings is 1. The van der Waals surface area contributed by atoms with Gasteiger partial charge in [0.15, 0.2) is 0 Å². The highest BCUT2D eigenvalue weighted by Gasteiger charge is 2.23. The fourth-order valence-corrected chi connectivity index (χ4v) is 2.73. The summed E-state index contributed by atoms with van der Waals surface area (Å²) in [5.74, 6) is 0.796. The molecule has 1 aromatic carbocycles. The van der Waals surface area contributed by atoms with Gasteiger partial charge >= 0.3 is 0 Å². The molecule has 21 heavy (non-hydrogen) atoms. The molecule has 1 aliphatic rings.